The Morgan fingerprint density at radius 2 is 1.40 bits per heavy atom. The Morgan fingerprint density at radius 3 is 1.98 bits per heavy atom. The van der Waals surface area contributed by atoms with Crippen molar-refractivity contribution >= 4 is 42.1 Å². The van der Waals surface area contributed by atoms with Gasteiger partial charge in [-0.1, -0.05) is 25.3 Å². The molecule has 224 valence electrons. The second kappa shape index (κ2) is 12.3. The lowest BCUT2D eigenvalue weighted by Crippen LogP contribution is -2.15. The van der Waals surface area contributed by atoms with Crippen LogP contribution in [0.2, 0.25) is 0 Å². The Kier molecular flexibility index (Phi) is 8.80. The van der Waals surface area contributed by atoms with Crippen LogP contribution in [-0.2, 0) is 27.2 Å². The molecule has 0 spiro atoms. The molecule has 0 unspecified atom stereocenters. The predicted molar refractivity (Wildman–Crippen MR) is 163 cm³/mol. The van der Waals surface area contributed by atoms with Crippen molar-refractivity contribution in [3.05, 3.63) is 97.2 Å². The predicted octanol–water partition coefficient (Wildman–Crippen LogP) is 2.98. The number of rotatable bonds is 11. The van der Waals surface area contributed by atoms with Gasteiger partial charge >= 0.3 is 11.9 Å². The second-order valence-electron chi connectivity index (χ2n) is 10.6. The average molecular weight is 584 g/mol. The number of H-pyrrole nitrogens is 3. The van der Waals surface area contributed by atoms with Crippen LogP contribution in [0, 0.1) is 20.8 Å². The molecule has 1 aliphatic rings. The molecule has 1 aliphatic heterocycles. The van der Waals surface area contributed by atoms with Crippen molar-refractivity contribution in [1.29, 1.82) is 0 Å². The monoisotopic (exact) mass is 583 g/mol. The minimum atomic E-state index is -0.935. The smallest absolute Gasteiger partial charge is 0.303 e. The second-order valence-corrected chi connectivity index (χ2v) is 10.6. The van der Waals surface area contributed by atoms with Gasteiger partial charge in [0, 0.05) is 57.5 Å². The number of aromatic nitrogens is 3. The molecule has 0 atom stereocenters. The molecule has 4 heterocycles. The van der Waals surface area contributed by atoms with Crippen LogP contribution >= 0.6 is 0 Å². The van der Waals surface area contributed by atoms with Gasteiger partial charge < -0.3 is 35.6 Å². The number of aromatic amines is 3. The summed E-state index contributed by atoms with van der Waals surface area (Å²) in [7, 11) is 0. The molecule has 0 aromatic carbocycles. The highest BCUT2D eigenvalue weighted by atomic mass is 16.4. The number of carboxylic acids is 2. The van der Waals surface area contributed by atoms with Gasteiger partial charge in [-0.15, -0.1) is 0 Å². The van der Waals surface area contributed by atoms with Crippen LogP contribution < -0.4 is 21.1 Å². The van der Waals surface area contributed by atoms with E-state index >= 15 is 0 Å². The zero-order chi connectivity index (χ0) is 31.6. The van der Waals surface area contributed by atoms with Crippen molar-refractivity contribution in [3.8, 4) is 5.88 Å². The number of aliphatic carboxylic acids is 2. The largest absolute Gasteiger partial charge is 0.860 e. The molecule has 10 nitrogen and oxygen atoms in total. The van der Waals surface area contributed by atoms with Gasteiger partial charge in [0.2, 0.25) is 0 Å². The first-order valence-electron chi connectivity index (χ1n) is 13.8. The van der Waals surface area contributed by atoms with Crippen molar-refractivity contribution in [2.75, 3.05) is 0 Å². The zero-order valence-corrected chi connectivity index (χ0v) is 24.7. The summed E-state index contributed by atoms with van der Waals surface area (Å²) in [6.07, 6.45) is 8.93. The van der Waals surface area contributed by atoms with E-state index in [2.05, 4.69) is 33.4 Å². The maximum Gasteiger partial charge on any atom is 0.303 e. The Morgan fingerprint density at radius 1 is 0.767 bits per heavy atom. The highest BCUT2D eigenvalue weighted by molar-refractivity contribution is 6.03. The zero-order valence-electron chi connectivity index (χ0n) is 24.7. The lowest BCUT2D eigenvalue weighted by molar-refractivity contribution is -0.275. The number of hydrogen-bond donors (Lipinski definition) is 6. The molecule has 43 heavy (non-hydrogen) atoms. The summed E-state index contributed by atoms with van der Waals surface area (Å²) in [5, 5.41) is 35.3. The summed E-state index contributed by atoms with van der Waals surface area (Å²) in [4.78, 5) is 44.9. The van der Waals surface area contributed by atoms with Crippen molar-refractivity contribution in [2.45, 2.75) is 53.4 Å². The van der Waals surface area contributed by atoms with Crippen LogP contribution in [0.15, 0.2) is 36.1 Å². The molecule has 0 fully saturated rings. The van der Waals surface area contributed by atoms with E-state index in [1.807, 2.05) is 32.9 Å². The van der Waals surface area contributed by atoms with Crippen LogP contribution in [0.4, 0.5) is 0 Å². The third-order valence-electron chi connectivity index (χ3n) is 7.94. The molecule has 4 rings (SSSR count). The summed E-state index contributed by atoms with van der Waals surface area (Å²) in [5.74, 6) is -2.32. The summed E-state index contributed by atoms with van der Waals surface area (Å²) in [6.45, 7) is 14.8. The third-order valence-corrected chi connectivity index (χ3v) is 7.94. The molecule has 3 aromatic rings. The van der Waals surface area contributed by atoms with Gasteiger partial charge in [0.05, 0.1) is 0 Å². The molecule has 0 bridgehead atoms. The van der Waals surface area contributed by atoms with Gasteiger partial charge in [0.1, 0.15) is 0 Å². The Balaban J connectivity index is 1.93. The topological polar surface area (TPSA) is 174 Å². The number of amides is 1. The Hall–Kier alpha value is -5.25. The minimum absolute atomic E-state index is 0.0888. The fraction of sp³-hybridized carbons (Fsp3) is 0.242. The van der Waals surface area contributed by atoms with E-state index in [1.165, 1.54) is 6.08 Å². The molecule has 0 saturated heterocycles. The molecule has 0 aliphatic carbocycles. The highest BCUT2D eigenvalue weighted by Gasteiger charge is 2.23. The van der Waals surface area contributed by atoms with E-state index in [1.54, 1.807) is 19.1 Å². The van der Waals surface area contributed by atoms with Crippen LogP contribution in [0.3, 0.4) is 0 Å². The Labute approximate surface area is 248 Å². The average Bonchev–Trinajstić information content (AvgIpc) is 3.59. The molecular weight excluding hydrogens is 548 g/mol. The van der Waals surface area contributed by atoms with E-state index in [9.17, 15) is 29.7 Å². The van der Waals surface area contributed by atoms with Crippen LogP contribution in [0.25, 0.3) is 24.3 Å². The standard InChI is InChI=1S/C33H36N4O6/c1-7-20-19(6)32(42)37-27(20)14-25-18(5)23(10-12-31(40)41)29(35-25)15-28-22(9-11-30(38)39)17(4)24(34-28)13-26-16(3)21(8-2)33(43)36-26/h7-8,13-15,34-35,37,42H,1-2,9-12H2,3-6H3,(H,36,43)(H,38,39)(H,40,41)/p-1/b25-14-,26-13-,29-15+. The van der Waals surface area contributed by atoms with E-state index < -0.39 is 11.9 Å². The normalized spacial score (nSPS) is 15.1. The van der Waals surface area contributed by atoms with Gasteiger partial charge in [-0.2, -0.15) is 0 Å². The third kappa shape index (κ3) is 6.18. The van der Waals surface area contributed by atoms with Crippen LogP contribution in [0.1, 0.15) is 70.2 Å². The summed E-state index contributed by atoms with van der Waals surface area (Å²) in [6, 6.07) is 0. The quantitative estimate of drug-likeness (QED) is 0.202. The Bertz CT molecular complexity index is 1860. The van der Waals surface area contributed by atoms with Crippen molar-refractivity contribution < 1.29 is 29.7 Å². The molecular formula is C33H35N4O6-. The lowest BCUT2D eigenvalue weighted by atomic mass is 10.0. The minimum Gasteiger partial charge on any atom is -0.860 e. The number of carbonyl (C=O) groups excluding carboxylic acids is 1. The highest BCUT2D eigenvalue weighted by Crippen LogP contribution is 2.27. The summed E-state index contributed by atoms with van der Waals surface area (Å²) >= 11 is 0. The number of carbonyl (C=O) groups is 3. The van der Waals surface area contributed by atoms with Crippen molar-refractivity contribution in [1.82, 2.24) is 20.3 Å². The fourth-order valence-electron chi connectivity index (χ4n) is 5.41. The van der Waals surface area contributed by atoms with E-state index in [-0.39, 0.29) is 37.5 Å². The van der Waals surface area contributed by atoms with Gasteiger partial charge in [-0.25, -0.2) is 0 Å². The SMILES string of the molecule is C=CC1=C(C)/C(=C/c2[nH]c(/C=c3/[nH]/c(=C\c4[nH]c([O-])c(C)c4C=C)c(C)c3CCC(=O)O)c(CCC(=O)O)c2C)NC1=O. The number of carboxylic acid groups (broad SMARTS) is 2. The number of nitrogens with one attached hydrogen (secondary N) is 4. The van der Waals surface area contributed by atoms with Gasteiger partial charge in [0.25, 0.3) is 5.91 Å². The summed E-state index contributed by atoms with van der Waals surface area (Å²) in [5.41, 5.74) is 8.28. The van der Waals surface area contributed by atoms with Crippen LogP contribution in [-0.4, -0.2) is 43.0 Å². The maximum absolute atomic E-state index is 12.3. The lowest BCUT2D eigenvalue weighted by Gasteiger charge is -2.02. The van der Waals surface area contributed by atoms with Crippen molar-refractivity contribution in [2.24, 2.45) is 0 Å². The van der Waals surface area contributed by atoms with E-state index in [4.69, 9.17) is 0 Å². The number of hydrogen-bond acceptors (Lipinski definition) is 4. The molecule has 1 amide bonds. The van der Waals surface area contributed by atoms with Crippen molar-refractivity contribution in [3.63, 3.8) is 0 Å². The van der Waals surface area contributed by atoms with Gasteiger partial charge in [0.15, 0.2) is 0 Å². The molecule has 6 N–H and O–H groups in total. The van der Waals surface area contributed by atoms with Gasteiger partial charge in [-0.05, 0) is 98.0 Å². The maximum atomic E-state index is 12.3. The fourth-order valence-corrected chi connectivity index (χ4v) is 5.41. The molecule has 0 radical (unpaired) electrons. The van der Waals surface area contributed by atoms with E-state index in [0.29, 0.717) is 50.2 Å². The first kappa shape index (κ1) is 30.7. The first-order chi connectivity index (χ1) is 20.4. The van der Waals surface area contributed by atoms with Gasteiger partial charge in [-0.3, -0.25) is 14.4 Å². The van der Waals surface area contributed by atoms with E-state index in [0.717, 1.165) is 27.8 Å². The van der Waals surface area contributed by atoms with Crippen LogP contribution in [0.5, 0.6) is 5.88 Å². The first-order valence-corrected chi connectivity index (χ1v) is 13.8. The molecule has 3 aromatic heterocycles. The molecule has 0 saturated carbocycles. The summed E-state index contributed by atoms with van der Waals surface area (Å²) < 4.78 is 0. The number of allylic oxidation sites excluding steroid dienone is 1. The molecule has 10 heteroatoms.